The Bertz CT molecular complexity index is 375. The predicted octanol–water partition coefficient (Wildman–Crippen LogP) is 1.81. The average Bonchev–Trinajstić information content (AvgIpc) is 2.84. The number of carbonyl (C=O) groups excluding carboxylic acids is 1. The molecular weight excluding hydrogens is 228 g/mol. The van der Waals surface area contributed by atoms with Gasteiger partial charge in [-0.2, -0.15) is 0 Å². The number of piperidine rings is 1. The van der Waals surface area contributed by atoms with Crippen LogP contribution >= 0.6 is 0 Å². The molecular formula is C14H22N2O2. The Morgan fingerprint density at radius 3 is 3.11 bits per heavy atom. The summed E-state index contributed by atoms with van der Waals surface area (Å²) in [5, 5.41) is 3.60. The SMILES string of the molecule is CC(CCc1ccco1)NC1CCC(=O)N(C)C1. The van der Waals surface area contributed by atoms with Crippen molar-refractivity contribution in [3.63, 3.8) is 0 Å². The van der Waals surface area contributed by atoms with Gasteiger partial charge >= 0.3 is 0 Å². The third kappa shape index (κ3) is 3.60. The Morgan fingerprint density at radius 2 is 2.44 bits per heavy atom. The standard InChI is InChI=1S/C14H22N2O2/c1-11(5-7-13-4-3-9-18-13)15-12-6-8-14(17)16(2)10-12/h3-4,9,11-12,15H,5-8,10H2,1-2H3. The van der Waals surface area contributed by atoms with Crippen LogP contribution in [0.2, 0.25) is 0 Å². The van der Waals surface area contributed by atoms with E-state index in [4.69, 9.17) is 4.42 Å². The van der Waals surface area contributed by atoms with E-state index in [-0.39, 0.29) is 5.91 Å². The highest BCUT2D eigenvalue weighted by molar-refractivity contribution is 5.76. The van der Waals surface area contributed by atoms with Gasteiger partial charge in [0, 0.05) is 38.5 Å². The summed E-state index contributed by atoms with van der Waals surface area (Å²) in [6, 6.07) is 4.82. The number of likely N-dealkylation sites (N-methyl/N-ethyl adjacent to an activating group) is 1. The second kappa shape index (κ2) is 6.05. The van der Waals surface area contributed by atoms with Crippen LogP contribution in [-0.2, 0) is 11.2 Å². The maximum atomic E-state index is 11.4. The highest BCUT2D eigenvalue weighted by Crippen LogP contribution is 2.12. The average molecular weight is 250 g/mol. The molecule has 4 nitrogen and oxygen atoms in total. The number of aryl methyl sites for hydroxylation is 1. The lowest BCUT2D eigenvalue weighted by Gasteiger charge is -2.32. The Balaban J connectivity index is 1.71. The number of hydrogen-bond donors (Lipinski definition) is 1. The summed E-state index contributed by atoms with van der Waals surface area (Å²) in [5.74, 6) is 1.30. The van der Waals surface area contributed by atoms with Crippen molar-refractivity contribution in [2.75, 3.05) is 13.6 Å². The second-order valence-corrected chi connectivity index (χ2v) is 5.20. The summed E-state index contributed by atoms with van der Waals surface area (Å²) in [6.07, 6.45) is 5.35. The molecule has 0 radical (unpaired) electrons. The highest BCUT2D eigenvalue weighted by Gasteiger charge is 2.23. The van der Waals surface area contributed by atoms with Crippen LogP contribution in [0, 0.1) is 0 Å². The first-order valence-corrected chi connectivity index (χ1v) is 6.67. The summed E-state index contributed by atoms with van der Waals surface area (Å²) in [6.45, 7) is 3.02. The monoisotopic (exact) mass is 250 g/mol. The van der Waals surface area contributed by atoms with Crippen LogP contribution in [0.3, 0.4) is 0 Å². The summed E-state index contributed by atoms with van der Waals surface area (Å²) in [4.78, 5) is 13.2. The minimum absolute atomic E-state index is 0.260. The number of amides is 1. The lowest BCUT2D eigenvalue weighted by Crippen LogP contribution is -2.49. The zero-order valence-corrected chi connectivity index (χ0v) is 11.2. The quantitative estimate of drug-likeness (QED) is 0.867. The zero-order chi connectivity index (χ0) is 13.0. The van der Waals surface area contributed by atoms with Gasteiger partial charge in [0.25, 0.3) is 0 Å². The van der Waals surface area contributed by atoms with Crippen molar-refractivity contribution in [2.24, 2.45) is 0 Å². The summed E-state index contributed by atoms with van der Waals surface area (Å²) >= 11 is 0. The third-order valence-corrected chi connectivity index (χ3v) is 3.55. The van der Waals surface area contributed by atoms with E-state index in [0.717, 1.165) is 31.6 Å². The van der Waals surface area contributed by atoms with E-state index >= 15 is 0 Å². The molecule has 1 amide bonds. The molecule has 18 heavy (non-hydrogen) atoms. The van der Waals surface area contributed by atoms with Crippen LogP contribution in [0.4, 0.5) is 0 Å². The number of nitrogens with zero attached hydrogens (tertiary/aromatic N) is 1. The van der Waals surface area contributed by atoms with Crippen LogP contribution in [0.1, 0.15) is 31.9 Å². The van der Waals surface area contributed by atoms with Crippen LogP contribution in [0.15, 0.2) is 22.8 Å². The van der Waals surface area contributed by atoms with Gasteiger partial charge in [-0.3, -0.25) is 4.79 Å². The second-order valence-electron chi connectivity index (χ2n) is 5.20. The van der Waals surface area contributed by atoms with Crippen LogP contribution in [0.5, 0.6) is 0 Å². The molecule has 1 aliphatic heterocycles. The van der Waals surface area contributed by atoms with Gasteiger partial charge < -0.3 is 14.6 Å². The number of nitrogens with one attached hydrogen (secondary N) is 1. The molecule has 1 fully saturated rings. The molecule has 0 spiro atoms. The molecule has 0 aromatic carbocycles. The summed E-state index contributed by atoms with van der Waals surface area (Å²) < 4.78 is 5.32. The predicted molar refractivity (Wildman–Crippen MR) is 70.3 cm³/mol. The van der Waals surface area contributed by atoms with Crippen molar-refractivity contribution in [1.82, 2.24) is 10.2 Å². The maximum Gasteiger partial charge on any atom is 0.222 e. The Kier molecular flexibility index (Phi) is 4.42. The largest absolute Gasteiger partial charge is 0.469 e. The first-order valence-electron chi connectivity index (χ1n) is 6.67. The van der Waals surface area contributed by atoms with E-state index in [9.17, 15) is 4.79 Å². The molecule has 4 heteroatoms. The number of furan rings is 1. The van der Waals surface area contributed by atoms with Crippen LogP contribution in [0.25, 0.3) is 0 Å². The van der Waals surface area contributed by atoms with Crippen LogP contribution in [-0.4, -0.2) is 36.5 Å². The fourth-order valence-electron chi connectivity index (χ4n) is 2.45. The lowest BCUT2D eigenvalue weighted by atomic mass is 10.0. The van der Waals surface area contributed by atoms with Gasteiger partial charge in [0.05, 0.1) is 6.26 Å². The van der Waals surface area contributed by atoms with Gasteiger partial charge in [-0.25, -0.2) is 0 Å². The summed E-state index contributed by atoms with van der Waals surface area (Å²) in [7, 11) is 1.88. The van der Waals surface area contributed by atoms with Gasteiger partial charge in [-0.05, 0) is 31.9 Å². The fourth-order valence-corrected chi connectivity index (χ4v) is 2.45. The van der Waals surface area contributed by atoms with Crippen molar-refractivity contribution >= 4 is 5.91 Å². The number of rotatable bonds is 5. The minimum Gasteiger partial charge on any atom is -0.469 e. The van der Waals surface area contributed by atoms with E-state index in [1.54, 1.807) is 6.26 Å². The molecule has 1 N–H and O–H groups in total. The smallest absolute Gasteiger partial charge is 0.222 e. The first-order chi connectivity index (χ1) is 8.65. The first kappa shape index (κ1) is 13.1. The Morgan fingerprint density at radius 1 is 1.61 bits per heavy atom. The molecule has 0 bridgehead atoms. The number of carbonyl (C=O) groups is 1. The van der Waals surface area contributed by atoms with Gasteiger partial charge in [-0.1, -0.05) is 0 Å². The van der Waals surface area contributed by atoms with Crippen LogP contribution < -0.4 is 5.32 Å². The maximum absolute atomic E-state index is 11.4. The molecule has 1 aromatic heterocycles. The molecule has 1 aliphatic rings. The minimum atomic E-state index is 0.260. The van der Waals surface area contributed by atoms with Crippen molar-refractivity contribution in [3.05, 3.63) is 24.2 Å². The normalized spacial score (nSPS) is 22.2. The van der Waals surface area contributed by atoms with E-state index in [1.165, 1.54) is 0 Å². The highest BCUT2D eigenvalue weighted by atomic mass is 16.3. The van der Waals surface area contributed by atoms with Gasteiger partial charge in [0.15, 0.2) is 0 Å². The molecule has 2 atom stereocenters. The molecule has 1 saturated heterocycles. The topological polar surface area (TPSA) is 45.5 Å². The van der Waals surface area contributed by atoms with Gasteiger partial charge in [0.1, 0.15) is 5.76 Å². The van der Waals surface area contributed by atoms with Crippen molar-refractivity contribution < 1.29 is 9.21 Å². The Labute approximate surface area is 108 Å². The third-order valence-electron chi connectivity index (χ3n) is 3.55. The molecule has 1 aromatic rings. The van der Waals surface area contributed by atoms with E-state index in [0.29, 0.717) is 18.5 Å². The van der Waals surface area contributed by atoms with E-state index < -0.39 is 0 Å². The Hall–Kier alpha value is -1.29. The molecule has 100 valence electrons. The van der Waals surface area contributed by atoms with Gasteiger partial charge in [-0.15, -0.1) is 0 Å². The van der Waals surface area contributed by atoms with E-state index in [2.05, 4.69) is 12.2 Å². The molecule has 2 rings (SSSR count). The lowest BCUT2D eigenvalue weighted by molar-refractivity contribution is -0.132. The van der Waals surface area contributed by atoms with E-state index in [1.807, 2.05) is 24.1 Å². The molecule has 0 aliphatic carbocycles. The molecule has 2 unspecified atom stereocenters. The number of likely N-dealkylation sites (tertiary alicyclic amines) is 1. The zero-order valence-electron chi connectivity index (χ0n) is 11.2. The van der Waals surface area contributed by atoms with Crippen molar-refractivity contribution in [1.29, 1.82) is 0 Å². The fraction of sp³-hybridized carbons (Fsp3) is 0.643. The molecule has 0 saturated carbocycles. The van der Waals surface area contributed by atoms with Crippen molar-refractivity contribution in [3.8, 4) is 0 Å². The number of hydrogen-bond acceptors (Lipinski definition) is 3. The van der Waals surface area contributed by atoms with Gasteiger partial charge in [0.2, 0.25) is 5.91 Å². The molecule has 2 heterocycles. The summed E-state index contributed by atoms with van der Waals surface area (Å²) in [5.41, 5.74) is 0. The van der Waals surface area contributed by atoms with Crippen molar-refractivity contribution in [2.45, 2.75) is 44.7 Å².